The lowest BCUT2D eigenvalue weighted by atomic mass is 10.1. The van der Waals surface area contributed by atoms with Crippen molar-refractivity contribution in [2.45, 2.75) is 24.2 Å². The van der Waals surface area contributed by atoms with Gasteiger partial charge in [0.1, 0.15) is 11.1 Å². The van der Waals surface area contributed by atoms with Gasteiger partial charge in [-0.1, -0.05) is 72.4 Å². The third kappa shape index (κ3) is 7.93. The van der Waals surface area contributed by atoms with E-state index in [2.05, 4.69) is 19.9 Å². The second-order valence-corrected chi connectivity index (χ2v) is 10.7. The number of hydrogen-bond acceptors (Lipinski definition) is 11. The molecule has 2 aromatic carbocycles. The SMILES string of the molecule is CCOC(=O)c1cnc(S(C)(=O)=O)nc1-c1ccccc1.CCOC(=O)c1cnc(SC)nc1-c1ccccc1. The number of carbonyl (C=O) groups is 2. The Morgan fingerprint density at radius 2 is 1.20 bits per heavy atom. The molecule has 4 rings (SSSR count). The zero-order valence-electron chi connectivity index (χ0n) is 22.4. The van der Waals surface area contributed by atoms with E-state index < -0.39 is 21.8 Å². The van der Waals surface area contributed by atoms with Crippen LogP contribution in [0, 0.1) is 0 Å². The van der Waals surface area contributed by atoms with Crippen molar-refractivity contribution in [2.24, 2.45) is 0 Å². The highest BCUT2D eigenvalue weighted by Gasteiger charge is 2.21. The van der Waals surface area contributed by atoms with Gasteiger partial charge in [-0.3, -0.25) is 0 Å². The molecular formula is C28H28N4O6S2. The van der Waals surface area contributed by atoms with Crippen molar-refractivity contribution >= 4 is 33.5 Å². The maximum absolute atomic E-state index is 11.9. The molecule has 4 aromatic rings. The molecule has 0 fully saturated rings. The summed E-state index contributed by atoms with van der Waals surface area (Å²) in [5.41, 5.74) is 2.88. The Morgan fingerprint density at radius 1 is 0.750 bits per heavy atom. The van der Waals surface area contributed by atoms with E-state index in [9.17, 15) is 18.0 Å². The van der Waals surface area contributed by atoms with Crippen molar-refractivity contribution in [2.75, 3.05) is 25.7 Å². The molecule has 0 aliphatic carbocycles. The lowest BCUT2D eigenvalue weighted by Gasteiger charge is -2.09. The standard InChI is InChI=1S/C14H14N2O4S.C14H14N2O2S/c1-3-20-13(17)11-9-15-14(21(2,18)19)16-12(11)10-7-5-4-6-8-10;1-3-18-13(17)11-9-15-14(19-2)16-12(11)10-7-5-4-6-8-10/h4-9H,3H2,1-2H3;4-9H,3H2,1-2H3. The Kier molecular flexibility index (Phi) is 10.9. The van der Waals surface area contributed by atoms with Crippen molar-refractivity contribution in [1.29, 1.82) is 0 Å². The second-order valence-electron chi connectivity index (χ2n) is 7.98. The smallest absolute Gasteiger partial charge is 0.341 e. The van der Waals surface area contributed by atoms with Crippen molar-refractivity contribution in [3.05, 3.63) is 84.2 Å². The number of aromatic nitrogens is 4. The van der Waals surface area contributed by atoms with Crippen LogP contribution in [0.4, 0.5) is 0 Å². The fourth-order valence-corrected chi connectivity index (χ4v) is 4.20. The number of rotatable bonds is 8. The summed E-state index contributed by atoms with van der Waals surface area (Å²) in [6.07, 6.45) is 5.62. The van der Waals surface area contributed by atoms with Gasteiger partial charge in [0.05, 0.1) is 24.6 Å². The van der Waals surface area contributed by atoms with Gasteiger partial charge in [-0.2, -0.15) is 0 Å². The van der Waals surface area contributed by atoms with Crippen LogP contribution in [-0.4, -0.2) is 66.0 Å². The number of sulfone groups is 1. The molecular weight excluding hydrogens is 552 g/mol. The molecule has 0 aliphatic rings. The van der Waals surface area contributed by atoms with Crippen molar-refractivity contribution in [1.82, 2.24) is 19.9 Å². The first kappa shape index (κ1) is 30.4. The van der Waals surface area contributed by atoms with Crippen LogP contribution in [0.5, 0.6) is 0 Å². The van der Waals surface area contributed by atoms with E-state index in [4.69, 9.17) is 9.47 Å². The molecule has 0 aliphatic heterocycles. The molecule has 0 amide bonds. The van der Waals surface area contributed by atoms with Gasteiger partial charge in [0.15, 0.2) is 5.16 Å². The van der Waals surface area contributed by atoms with Gasteiger partial charge in [-0.25, -0.2) is 37.9 Å². The van der Waals surface area contributed by atoms with E-state index in [1.165, 1.54) is 24.2 Å². The molecule has 10 nitrogen and oxygen atoms in total. The maximum atomic E-state index is 11.9. The number of ether oxygens (including phenoxy) is 2. The minimum Gasteiger partial charge on any atom is -0.462 e. The fraction of sp³-hybridized carbons (Fsp3) is 0.214. The molecule has 0 spiro atoms. The van der Waals surface area contributed by atoms with Gasteiger partial charge < -0.3 is 9.47 Å². The topological polar surface area (TPSA) is 138 Å². The van der Waals surface area contributed by atoms with Crippen LogP contribution in [0.15, 0.2) is 83.4 Å². The first-order valence-electron chi connectivity index (χ1n) is 12.1. The lowest BCUT2D eigenvalue weighted by molar-refractivity contribution is 0.0516. The van der Waals surface area contributed by atoms with E-state index in [-0.39, 0.29) is 23.0 Å². The van der Waals surface area contributed by atoms with E-state index in [0.29, 0.717) is 28.6 Å². The molecule has 0 radical (unpaired) electrons. The van der Waals surface area contributed by atoms with Gasteiger partial charge in [0.25, 0.3) is 0 Å². The summed E-state index contributed by atoms with van der Waals surface area (Å²) >= 11 is 1.44. The van der Waals surface area contributed by atoms with E-state index >= 15 is 0 Å². The highest BCUT2D eigenvalue weighted by Crippen LogP contribution is 2.24. The first-order chi connectivity index (χ1) is 19.2. The van der Waals surface area contributed by atoms with E-state index in [1.807, 2.05) is 42.7 Å². The molecule has 40 heavy (non-hydrogen) atoms. The van der Waals surface area contributed by atoms with Crippen LogP contribution >= 0.6 is 11.8 Å². The summed E-state index contributed by atoms with van der Waals surface area (Å²) in [4.78, 5) is 40.2. The van der Waals surface area contributed by atoms with Crippen LogP contribution in [-0.2, 0) is 19.3 Å². The largest absolute Gasteiger partial charge is 0.462 e. The summed E-state index contributed by atoms with van der Waals surface area (Å²) in [7, 11) is -3.56. The number of hydrogen-bond donors (Lipinski definition) is 0. The Labute approximate surface area is 237 Å². The van der Waals surface area contributed by atoms with Crippen LogP contribution < -0.4 is 0 Å². The fourth-order valence-electron chi connectivity index (χ4n) is 3.36. The Hall–Kier alpha value is -4.16. The highest BCUT2D eigenvalue weighted by molar-refractivity contribution is 7.98. The number of benzene rings is 2. The van der Waals surface area contributed by atoms with Crippen LogP contribution in [0.25, 0.3) is 22.5 Å². The average Bonchev–Trinajstić information content (AvgIpc) is 2.97. The molecule has 208 valence electrons. The first-order valence-corrected chi connectivity index (χ1v) is 15.2. The quantitative estimate of drug-likeness (QED) is 0.162. The molecule has 2 aromatic heterocycles. The molecule has 12 heteroatoms. The van der Waals surface area contributed by atoms with Gasteiger partial charge in [-0.15, -0.1) is 0 Å². The predicted molar refractivity (Wildman–Crippen MR) is 152 cm³/mol. The van der Waals surface area contributed by atoms with Crippen LogP contribution in [0.2, 0.25) is 0 Å². The third-order valence-corrected chi connectivity index (χ3v) is 6.55. The predicted octanol–water partition coefficient (Wildman–Crippen LogP) is 4.77. The zero-order chi connectivity index (χ0) is 29.1. The Morgan fingerprint density at radius 3 is 1.62 bits per heavy atom. The normalized spacial score (nSPS) is 10.7. The number of thioether (sulfide) groups is 1. The molecule has 0 atom stereocenters. The average molecular weight is 581 g/mol. The van der Waals surface area contributed by atoms with Crippen molar-refractivity contribution in [3.8, 4) is 22.5 Å². The molecule has 2 heterocycles. The summed E-state index contributed by atoms with van der Waals surface area (Å²) in [6.45, 7) is 4.00. The minimum absolute atomic E-state index is 0.135. The van der Waals surface area contributed by atoms with E-state index in [1.54, 1.807) is 38.1 Å². The molecule has 0 bridgehead atoms. The molecule has 0 saturated heterocycles. The summed E-state index contributed by atoms with van der Waals surface area (Å²) < 4.78 is 33.1. The molecule has 0 N–H and O–H groups in total. The van der Waals surface area contributed by atoms with Crippen LogP contribution in [0.1, 0.15) is 34.6 Å². The molecule has 0 saturated carbocycles. The highest BCUT2D eigenvalue weighted by atomic mass is 32.2. The number of esters is 2. The second kappa shape index (κ2) is 14.3. The van der Waals surface area contributed by atoms with Crippen molar-refractivity contribution in [3.63, 3.8) is 0 Å². The lowest BCUT2D eigenvalue weighted by Crippen LogP contribution is -2.12. The van der Waals surface area contributed by atoms with Gasteiger partial charge in [0, 0.05) is 29.8 Å². The Balaban J connectivity index is 0.000000222. The molecule has 0 unspecified atom stereocenters. The van der Waals surface area contributed by atoms with Gasteiger partial charge in [-0.05, 0) is 20.1 Å². The Bertz CT molecular complexity index is 1570. The monoisotopic (exact) mass is 580 g/mol. The zero-order valence-corrected chi connectivity index (χ0v) is 24.0. The van der Waals surface area contributed by atoms with Gasteiger partial charge >= 0.3 is 11.9 Å². The maximum Gasteiger partial charge on any atom is 0.341 e. The number of carbonyl (C=O) groups excluding carboxylic acids is 2. The summed E-state index contributed by atoms with van der Waals surface area (Å²) in [5.74, 6) is -0.981. The summed E-state index contributed by atoms with van der Waals surface area (Å²) in [6, 6.07) is 18.4. The third-order valence-electron chi connectivity index (χ3n) is 5.13. The minimum atomic E-state index is -3.56. The summed E-state index contributed by atoms with van der Waals surface area (Å²) in [5, 5.41) is 0.307. The van der Waals surface area contributed by atoms with Gasteiger partial charge in [0.2, 0.25) is 15.0 Å². The van der Waals surface area contributed by atoms with Crippen LogP contribution in [0.3, 0.4) is 0 Å². The number of nitrogens with zero attached hydrogens (tertiary/aromatic N) is 4. The van der Waals surface area contributed by atoms with Crippen molar-refractivity contribution < 1.29 is 27.5 Å². The van der Waals surface area contributed by atoms with E-state index in [0.717, 1.165) is 11.8 Å².